The fourth-order valence-corrected chi connectivity index (χ4v) is 0.903. The van der Waals surface area contributed by atoms with Crippen LogP contribution in [0.25, 0.3) is 4.98 Å². The van der Waals surface area contributed by atoms with Crippen molar-refractivity contribution in [2.24, 2.45) is 0 Å². The third-order valence-corrected chi connectivity index (χ3v) is 1.55. The van der Waals surface area contributed by atoms with Crippen molar-refractivity contribution in [1.29, 1.82) is 5.39 Å². The van der Waals surface area contributed by atoms with Crippen molar-refractivity contribution in [2.45, 2.75) is 0 Å². The molecule has 0 bridgehead atoms. The number of hydrogen-bond acceptors (Lipinski definition) is 3. The summed E-state index contributed by atoms with van der Waals surface area (Å²) in [5, 5.41) is 18.6. The molecule has 0 aromatic heterocycles. The minimum atomic E-state index is -3.67. The summed E-state index contributed by atoms with van der Waals surface area (Å²) in [6.45, 7) is 0. The summed E-state index contributed by atoms with van der Waals surface area (Å²) >= 11 is 5.52. The zero-order chi connectivity index (χ0) is 12.7. The van der Waals surface area contributed by atoms with E-state index in [9.17, 15) is 23.1 Å². The minimum Gasteiger partial charge on any atom is -1.00 e. The Kier molecular flexibility index (Phi) is 8.54. The molecule has 0 saturated heterocycles. The molecule has 0 radical (unpaired) electrons. The number of hydrogen-bond donors (Lipinski definition) is 0. The van der Waals surface area contributed by atoms with Gasteiger partial charge in [0.05, 0.1) is 4.92 Å². The largest absolute Gasteiger partial charge is 1.00 e. The van der Waals surface area contributed by atoms with Gasteiger partial charge in [-0.3, -0.25) is 23.1 Å². The summed E-state index contributed by atoms with van der Waals surface area (Å²) in [5.74, 6) is 0. The standard InChI is InChI=1S/C6H3ClN3O2.BF3.FH/c7-5-3-4(10(11)12)1-2-6(5)9-8;2-1(3)4;/h1-3H;;1H/q+1;;/p-1. The first-order valence-corrected chi connectivity index (χ1v) is 3.97. The normalized spacial score (nSPS) is 7.94. The van der Waals surface area contributed by atoms with E-state index in [4.69, 9.17) is 17.0 Å². The highest BCUT2D eigenvalue weighted by molar-refractivity contribution is 6.33. The van der Waals surface area contributed by atoms with Gasteiger partial charge in [0.2, 0.25) is 5.39 Å². The summed E-state index contributed by atoms with van der Waals surface area (Å²) in [6.07, 6.45) is 0. The second-order valence-corrected chi connectivity index (χ2v) is 2.65. The molecule has 0 unspecified atom stereocenters. The van der Waals surface area contributed by atoms with Crippen LogP contribution in [0.5, 0.6) is 0 Å². The summed E-state index contributed by atoms with van der Waals surface area (Å²) in [5.41, 5.74) is -0.0188. The van der Waals surface area contributed by atoms with Gasteiger partial charge in [0, 0.05) is 18.2 Å². The monoisotopic (exact) mass is 271 g/mol. The molecule has 17 heavy (non-hydrogen) atoms. The van der Waals surface area contributed by atoms with Gasteiger partial charge in [0.25, 0.3) is 5.69 Å². The summed E-state index contributed by atoms with van der Waals surface area (Å²) in [4.78, 5) is 12.4. The summed E-state index contributed by atoms with van der Waals surface area (Å²) in [6, 6.07) is 3.60. The van der Waals surface area contributed by atoms with E-state index in [0.29, 0.717) is 0 Å². The highest BCUT2D eigenvalue weighted by Gasteiger charge is 2.16. The first-order valence-electron chi connectivity index (χ1n) is 3.59. The van der Waals surface area contributed by atoms with Crippen LogP contribution in [0.4, 0.5) is 24.3 Å². The molecule has 5 nitrogen and oxygen atoms in total. The molecule has 0 aliphatic heterocycles. The number of halogens is 5. The Hall–Kier alpha value is -1.89. The predicted molar refractivity (Wildman–Crippen MR) is 51.9 cm³/mol. The molecule has 0 aliphatic carbocycles. The average molecular weight is 271 g/mol. The lowest BCUT2D eigenvalue weighted by Gasteiger charge is -1.87. The van der Waals surface area contributed by atoms with Crippen LogP contribution in [-0.2, 0) is 0 Å². The molecule has 1 aromatic rings. The fraction of sp³-hybridized carbons (Fsp3) is 0. The van der Waals surface area contributed by atoms with Crippen LogP contribution in [0.3, 0.4) is 0 Å². The van der Waals surface area contributed by atoms with Gasteiger partial charge in [-0.15, -0.1) is 0 Å². The molecule has 1 aromatic carbocycles. The highest BCUT2D eigenvalue weighted by Crippen LogP contribution is 2.28. The molecule has 0 amide bonds. The zero-order valence-corrected chi connectivity index (χ0v) is 8.61. The first-order chi connectivity index (χ1) is 7.38. The van der Waals surface area contributed by atoms with Gasteiger partial charge in [-0.1, -0.05) is 11.6 Å². The second-order valence-electron chi connectivity index (χ2n) is 2.24. The quantitative estimate of drug-likeness (QED) is 0.247. The molecule has 1 rings (SSSR count). The number of benzene rings is 1. The Morgan fingerprint density at radius 3 is 2.18 bits per heavy atom. The van der Waals surface area contributed by atoms with Crippen molar-refractivity contribution < 1.29 is 22.6 Å². The number of nitro groups is 1. The Morgan fingerprint density at radius 2 is 1.88 bits per heavy atom. The van der Waals surface area contributed by atoms with Crippen molar-refractivity contribution in [3.05, 3.63) is 38.3 Å². The van der Waals surface area contributed by atoms with Crippen LogP contribution in [0.2, 0.25) is 5.02 Å². The maximum atomic E-state index is 10.2. The smallest absolute Gasteiger partial charge is 0.762 e. The van der Waals surface area contributed by atoms with Crippen LogP contribution in [0.1, 0.15) is 0 Å². The molecule has 11 heteroatoms. The Balaban J connectivity index is 0. The van der Waals surface area contributed by atoms with Crippen LogP contribution < -0.4 is 4.70 Å². The number of non-ortho nitro benzene ring substituents is 1. The lowest BCUT2D eigenvalue weighted by atomic mass is 10.3. The number of rotatable bonds is 1. The van der Waals surface area contributed by atoms with E-state index in [2.05, 4.69) is 4.98 Å². The molecule has 0 saturated carbocycles. The van der Waals surface area contributed by atoms with Crippen molar-refractivity contribution in [3.8, 4) is 0 Å². The van der Waals surface area contributed by atoms with E-state index in [1.54, 1.807) is 0 Å². The lowest BCUT2D eigenvalue weighted by molar-refractivity contribution is -0.384. The van der Waals surface area contributed by atoms with Gasteiger partial charge in [-0.25, -0.2) is 0 Å². The van der Waals surface area contributed by atoms with Crippen LogP contribution in [0.15, 0.2) is 18.2 Å². The molecular formula is C6H3BClF4N3O2. The average Bonchev–Trinajstić information content (AvgIpc) is 2.16. The number of nitro benzene ring substituents is 1. The SMILES string of the molecule is FB(F)F.N#[N+]c1ccc([N+](=O)[O-])cc1Cl.[F-]. The van der Waals surface area contributed by atoms with E-state index in [0.717, 1.165) is 6.07 Å². The van der Waals surface area contributed by atoms with E-state index >= 15 is 0 Å². The van der Waals surface area contributed by atoms with Gasteiger partial charge in [0.15, 0.2) is 4.98 Å². The molecule has 0 fully saturated rings. The van der Waals surface area contributed by atoms with Gasteiger partial charge in [0.1, 0.15) is 5.02 Å². The van der Waals surface area contributed by atoms with Crippen molar-refractivity contribution >= 4 is 30.5 Å². The Labute approximate surface area is 97.5 Å². The molecule has 0 heterocycles. The van der Waals surface area contributed by atoms with Crippen LogP contribution >= 0.6 is 11.6 Å². The third kappa shape index (κ3) is 7.07. The van der Waals surface area contributed by atoms with Gasteiger partial charge >= 0.3 is 13.2 Å². The Bertz CT molecular complexity index is 425. The summed E-state index contributed by atoms with van der Waals surface area (Å²) in [7, 11) is -3.67. The molecular weight excluding hydrogens is 268 g/mol. The van der Waals surface area contributed by atoms with Gasteiger partial charge in [-0.05, 0) is 0 Å². The minimum absolute atomic E-state index is 0. The maximum absolute atomic E-state index is 10.2. The fourth-order valence-electron chi connectivity index (χ4n) is 0.690. The van der Waals surface area contributed by atoms with Gasteiger partial charge in [-0.2, -0.15) is 0 Å². The molecule has 0 spiro atoms. The van der Waals surface area contributed by atoms with Gasteiger partial charge < -0.3 is 4.70 Å². The van der Waals surface area contributed by atoms with Crippen LogP contribution in [-0.4, -0.2) is 12.5 Å². The van der Waals surface area contributed by atoms with Crippen LogP contribution in [0, 0.1) is 15.5 Å². The van der Waals surface area contributed by atoms with Crippen molar-refractivity contribution in [1.82, 2.24) is 0 Å². The third-order valence-electron chi connectivity index (χ3n) is 1.25. The lowest BCUT2D eigenvalue weighted by Crippen LogP contribution is -3.00. The topological polar surface area (TPSA) is 71.3 Å². The first kappa shape index (κ1) is 17.5. The maximum Gasteiger partial charge on any atom is 0.762 e. The molecule has 0 N–H and O–H groups in total. The molecule has 0 aliphatic rings. The predicted octanol–water partition coefficient (Wildman–Crippen LogP) is 0.617. The Morgan fingerprint density at radius 1 is 1.41 bits per heavy atom. The molecule has 92 valence electrons. The van der Waals surface area contributed by atoms with E-state index in [1.165, 1.54) is 12.1 Å². The zero-order valence-electron chi connectivity index (χ0n) is 7.86. The van der Waals surface area contributed by atoms with E-state index in [-0.39, 0.29) is 21.1 Å². The number of nitrogens with zero attached hydrogens (tertiary/aromatic N) is 3. The van der Waals surface area contributed by atoms with Crippen molar-refractivity contribution in [3.63, 3.8) is 0 Å². The second kappa shape index (κ2) is 8.29. The van der Waals surface area contributed by atoms with Crippen molar-refractivity contribution in [2.75, 3.05) is 0 Å². The highest BCUT2D eigenvalue weighted by atomic mass is 35.5. The van der Waals surface area contributed by atoms with E-state index in [1.807, 2.05) is 0 Å². The van der Waals surface area contributed by atoms with E-state index < -0.39 is 12.5 Å². The molecule has 0 atom stereocenters. The summed E-state index contributed by atoms with van der Waals surface area (Å²) < 4.78 is 29.0. The number of diazo groups is 1.